The average molecular weight is 399 g/mol. The van der Waals surface area contributed by atoms with Crippen molar-refractivity contribution in [2.75, 3.05) is 11.1 Å². The minimum Gasteiger partial charge on any atom is -0.397 e. The van der Waals surface area contributed by atoms with Gasteiger partial charge in [0.15, 0.2) is 0 Å². The molecule has 0 fully saturated rings. The first-order valence-corrected chi connectivity index (χ1v) is 9.90. The third-order valence-corrected chi connectivity index (χ3v) is 4.96. The molecule has 6 nitrogen and oxygen atoms in total. The van der Waals surface area contributed by atoms with E-state index in [1.807, 2.05) is 18.2 Å². The summed E-state index contributed by atoms with van der Waals surface area (Å²) in [5.41, 5.74) is 10.3. The number of nitrogens with one attached hydrogen (secondary N) is 2. The van der Waals surface area contributed by atoms with Gasteiger partial charge in [0.25, 0.3) is 5.91 Å². The molecule has 1 amide bonds. The lowest BCUT2D eigenvalue weighted by Gasteiger charge is -2.12. The van der Waals surface area contributed by atoms with E-state index in [2.05, 4.69) is 35.5 Å². The molecule has 0 bridgehead atoms. The van der Waals surface area contributed by atoms with Crippen molar-refractivity contribution in [3.05, 3.63) is 77.5 Å². The molecular weight excluding hydrogens is 374 g/mol. The van der Waals surface area contributed by atoms with Crippen LogP contribution in [-0.4, -0.2) is 16.9 Å². The first-order valence-electron chi connectivity index (χ1n) is 9.90. The van der Waals surface area contributed by atoms with Crippen LogP contribution in [0, 0.1) is 11.3 Å². The minimum atomic E-state index is -0.251. The Morgan fingerprint density at radius 3 is 2.60 bits per heavy atom. The molecular formula is C24H25N5O. The number of nitrogens with two attached hydrogens (primary N) is 1. The van der Waals surface area contributed by atoms with E-state index >= 15 is 0 Å². The Bertz CT molecular complexity index is 1070. The highest BCUT2D eigenvalue weighted by atomic mass is 16.1. The van der Waals surface area contributed by atoms with E-state index in [1.165, 1.54) is 0 Å². The van der Waals surface area contributed by atoms with Crippen LogP contribution in [0.1, 0.15) is 41.8 Å². The lowest BCUT2D eigenvalue weighted by atomic mass is 10.0. The molecule has 1 atom stereocenters. The molecule has 0 aliphatic carbocycles. The fourth-order valence-corrected chi connectivity index (χ4v) is 2.94. The van der Waals surface area contributed by atoms with Gasteiger partial charge in [0.2, 0.25) is 0 Å². The van der Waals surface area contributed by atoms with Gasteiger partial charge < -0.3 is 16.4 Å². The number of hydrogen-bond acceptors (Lipinski definition) is 5. The molecule has 0 radical (unpaired) electrons. The Hall–Kier alpha value is -3.69. The topological polar surface area (TPSA) is 104 Å². The van der Waals surface area contributed by atoms with E-state index in [0.29, 0.717) is 40.8 Å². The van der Waals surface area contributed by atoms with Crippen LogP contribution in [0.2, 0.25) is 0 Å². The normalized spacial score (nSPS) is 11.5. The van der Waals surface area contributed by atoms with Gasteiger partial charge >= 0.3 is 0 Å². The fraction of sp³-hybridized carbons (Fsp3) is 0.208. The van der Waals surface area contributed by atoms with E-state index in [-0.39, 0.29) is 5.91 Å². The molecule has 2 aromatic carbocycles. The Labute approximate surface area is 176 Å². The SMILES string of the molecule is CC[C@H](C)NCc1cnc(-c2ccc(C(=O)Nc3ccccc3N)cc2)c(C#N)c1. The number of nitrogen functional groups attached to an aromatic ring is 1. The number of hydrogen-bond donors (Lipinski definition) is 3. The molecule has 30 heavy (non-hydrogen) atoms. The molecule has 0 saturated heterocycles. The number of aromatic nitrogens is 1. The van der Waals surface area contributed by atoms with Crippen molar-refractivity contribution in [2.24, 2.45) is 0 Å². The lowest BCUT2D eigenvalue weighted by Crippen LogP contribution is -2.24. The number of anilines is 2. The van der Waals surface area contributed by atoms with Crippen LogP contribution < -0.4 is 16.4 Å². The monoisotopic (exact) mass is 399 g/mol. The van der Waals surface area contributed by atoms with Crippen molar-refractivity contribution < 1.29 is 4.79 Å². The van der Waals surface area contributed by atoms with Crippen molar-refractivity contribution in [1.29, 1.82) is 5.26 Å². The van der Waals surface area contributed by atoms with Gasteiger partial charge in [0.1, 0.15) is 6.07 Å². The van der Waals surface area contributed by atoms with E-state index in [4.69, 9.17) is 5.73 Å². The molecule has 3 rings (SSSR count). The van der Waals surface area contributed by atoms with Gasteiger partial charge in [-0.3, -0.25) is 9.78 Å². The number of carbonyl (C=O) groups is 1. The van der Waals surface area contributed by atoms with Crippen LogP contribution in [0.5, 0.6) is 0 Å². The molecule has 3 aromatic rings. The zero-order valence-corrected chi connectivity index (χ0v) is 17.1. The number of nitrogens with zero attached hydrogens (tertiary/aromatic N) is 2. The van der Waals surface area contributed by atoms with Crippen LogP contribution in [0.15, 0.2) is 60.8 Å². The van der Waals surface area contributed by atoms with Gasteiger partial charge in [-0.25, -0.2) is 0 Å². The predicted octanol–water partition coefficient (Wildman–Crippen LogP) is 4.34. The third kappa shape index (κ3) is 5.02. The molecule has 0 unspecified atom stereocenters. The van der Waals surface area contributed by atoms with Gasteiger partial charge in [-0.2, -0.15) is 5.26 Å². The first-order chi connectivity index (χ1) is 14.5. The van der Waals surface area contributed by atoms with E-state index in [1.54, 1.807) is 42.6 Å². The maximum Gasteiger partial charge on any atom is 0.255 e. The maximum absolute atomic E-state index is 12.5. The van der Waals surface area contributed by atoms with Crippen molar-refractivity contribution in [2.45, 2.75) is 32.9 Å². The highest BCUT2D eigenvalue weighted by molar-refractivity contribution is 6.05. The minimum absolute atomic E-state index is 0.251. The molecule has 6 heteroatoms. The summed E-state index contributed by atoms with van der Waals surface area (Å²) < 4.78 is 0. The number of para-hydroxylation sites is 2. The number of nitriles is 1. The van der Waals surface area contributed by atoms with Crippen LogP contribution in [0.25, 0.3) is 11.3 Å². The quantitative estimate of drug-likeness (QED) is 0.513. The van der Waals surface area contributed by atoms with Crippen LogP contribution in [-0.2, 0) is 6.54 Å². The zero-order valence-electron chi connectivity index (χ0n) is 17.1. The molecule has 0 aliphatic rings. The van der Waals surface area contributed by atoms with Crippen molar-refractivity contribution in [1.82, 2.24) is 10.3 Å². The van der Waals surface area contributed by atoms with Gasteiger partial charge in [0, 0.05) is 29.9 Å². The highest BCUT2D eigenvalue weighted by Crippen LogP contribution is 2.23. The second kappa shape index (κ2) is 9.68. The van der Waals surface area contributed by atoms with E-state index < -0.39 is 0 Å². The molecule has 0 spiro atoms. The molecule has 0 aliphatic heterocycles. The number of carbonyl (C=O) groups excluding carboxylic acids is 1. The molecule has 1 aromatic heterocycles. The summed E-state index contributed by atoms with van der Waals surface area (Å²) in [6.07, 6.45) is 2.82. The summed E-state index contributed by atoms with van der Waals surface area (Å²) in [6, 6.07) is 18.6. The molecule has 152 valence electrons. The number of benzene rings is 2. The van der Waals surface area contributed by atoms with Gasteiger partial charge in [-0.05, 0) is 49.2 Å². The van der Waals surface area contributed by atoms with Gasteiger partial charge in [-0.1, -0.05) is 31.2 Å². The Kier molecular flexibility index (Phi) is 6.79. The molecule has 0 saturated carbocycles. The summed E-state index contributed by atoms with van der Waals surface area (Å²) in [7, 11) is 0. The lowest BCUT2D eigenvalue weighted by molar-refractivity contribution is 0.102. The largest absolute Gasteiger partial charge is 0.397 e. The Morgan fingerprint density at radius 1 is 1.20 bits per heavy atom. The van der Waals surface area contributed by atoms with E-state index in [0.717, 1.165) is 17.5 Å². The van der Waals surface area contributed by atoms with Gasteiger partial charge in [0.05, 0.1) is 22.6 Å². The smallest absolute Gasteiger partial charge is 0.255 e. The summed E-state index contributed by atoms with van der Waals surface area (Å²) in [5.74, 6) is -0.251. The van der Waals surface area contributed by atoms with Gasteiger partial charge in [-0.15, -0.1) is 0 Å². The number of amides is 1. The first kappa shape index (κ1) is 21.0. The molecule has 1 heterocycles. The Balaban J connectivity index is 1.76. The zero-order chi connectivity index (χ0) is 21.5. The fourth-order valence-electron chi connectivity index (χ4n) is 2.94. The number of pyridine rings is 1. The van der Waals surface area contributed by atoms with Crippen molar-refractivity contribution in [3.8, 4) is 17.3 Å². The summed E-state index contributed by atoms with van der Waals surface area (Å²) in [5, 5.41) is 15.8. The second-order valence-corrected chi connectivity index (χ2v) is 7.16. The summed E-state index contributed by atoms with van der Waals surface area (Å²) in [6.45, 7) is 4.91. The standard InChI is InChI=1S/C24H25N5O/c1-3-16(2)27-14-17-12-20(13-25)23(28-15-17)18-8-10-19(11-9-18)24(30)29-22-7-5-4-6-21(22)26/h4-12,15-16,27H,3,14,26H2,1-2H3,(H,29,30)/t16-/m0/s1. The number of rotatable bonds is 7. The predicted molar refractivity (Wildman–Crippen MR) is 120 cm³/mol. The molecule has 4 N–H and O–H groups in total. The third-order valence-electron chi connectivity index (χ3n) is 4.96. The van der Waals surface area contributed by atoms with Crippen molar-refractivity contribution in [3.63, 3.8) is 0 Å². The average Bonchev–Trinajstić information content (AvgIpc) is 2.78. The summed E-state index contributed by atoms with van der Waals surface area (Å²) >= 11 is 0. The van der Waals surface area contributed by atoms with Crippen LogP contribution in [0.4, 0.5) is 11.4 Å². The summed E-state index contributed by atoms with van der Waals surface area (Å²) in [4.78, 5) is 17.0. The van der Waals surface area contributed by atoms with Crippen LogP contribution in [0.3, 0.4) is 0 Å². The Morgan fingerprint density at radius 2 is 1.93 bits per heavy atom. The highest BCUT2D eigenvalue weighted by Gasteiger charge is 2.12. The second-order valence-electron chi connectivity index (χ2n) is 7.16. The van der Waals surface area contributed by atoms with Crippen molar-refractivity contribution >= 4 is 17.3 Å². The van der Waals surface area contributed by atoms with E-state index in [9.17, 15) is 10.1 Å². The maximum atomic E-state index is 12.5. The van der Waals surface area contributed by atoms with Crippen LogP contribution >= 0.6 is 0 Å².